The molecule has 3 nitrogen and oxygen atoms in total. The average molecular weight is 155 g/mol. The summed E-state index contributed by atoms with van der Waals surface area (Å²) in [5, 5.41) is 6.42. The summed E-state index contributed by atoms with van der Waals surface area (Å²) in [6.07, 6.45) is 3.59. The van der Waals surface area contributed by atoms with Gasteiger partial charge < -0.3 is 4.90 Å². The maximum absolute atomic E-state index is 4.29. The molecule has 0 aliphatic carbocycles. The molecule has 0 saturated carbocycles. The Morgan fingerprint density at radius 2 is 2.00 bits per heavy atom. The van der Waals surface area contributed by atoms with Gasteiger partial charge in [0.15, 0.2) is 0 Å². The Morgan fingerprint density at radius 1 is 1.27 bits per heavy atom. The lowest BCUT2D eigenvalue weighted by Gasteiger charge is -2.27. The molecule has 1 heterocycles. The molecule has 0 fully saturated rings. The normalized spacial score (nSPS) is 23.4. The van der Waals surface area contributed by atoms with E-state index in [4.69, 9.17) is 0 Å². The van der Waals surface area contributed by atoms with Crippen molar-refractivity contribution in [2.75, 3.05) is 13.1 Å². The fraction of sp³-hybridized carbons (Fsp3) is 0.875. The first-order valence-corrected chi connectivity index (χ1v) is 4.39. The first kappa shape index (κ1) is 8.37. The fourth-order valence-electron chi connectivity index (χ4n) is 1.49. The predicted octanol–water partition coefficient (Wildman–Crippen LogP) is 1.32. The van der Waals surface area contributed by atoms with Crippen molar-refractivity contribution in [3.63, 3.8) is 0 Å². The molecule has 0 N–H and O–H groups in total. The van der Waals surface area contributed by atoms with E-state index in [1.807, 2.05) is 6.34 Å². The highest BCUT2D eigenvalue weighted by molar-refractivity contribution is 5.56. The summed E-state index contributed by atoms with van der Waals surface area (Å²) in [6.45, 7) is 8.56. The number of hydrogen-bond donors (Lipinski definition) is 0. The Balaban J connectivity index is 2.54. The molecule has 3 heteroatoms. The maximum Gasteiger partial charge on any atom is 0.118 e. The van der Waals surface area contributed by atoms with Crippen LogP contribution in [0.15, 0.2) is 5.10 Å². The average Bonchev–Trinajstić information content (AvgIpc) is 2.45. The molecule has 0 aromatic heterocycles. The summed E-state index contributed by atoms with van der Waals surface area (Å²) in [6, 6.07) is 0. The molecule has 64 valence electrons. The van der Waals surface area contributed by atoms with Crippen molar-refractivity contribution in [1.29, 1.82) is 0 Å². The molecule has 1 aliphatic heterocycles. The molecule has 1 rings (SSSR count). The summed E-state index contributed by atoms with van der Waals surface area (Å²) in [7, 11) is 0. The van der Waals surface area contributed by atoms with Gasteiger partial charge in [-0.3, -0.25) is 5.01 Å². The largest absolute Gasteiger partial charge is 0.340 e. The van der Waals surface area contributed by atoms with Crippen molar-refractivity contribution in [3.05, 3.63) is 0 Å². The van der Waals surface area contributed by atoms with Gasteiger partial charge in [0.05, 0.1) is 0 Å². The topological polar surface area (TPSA) is 18.8 Å². The van der Waals surface area contributed by atoms with Crippen LogP contribution in [-0.4, -0.2) is 35.5 Å². The van der Waals surface area contributed by atoms with Crippen molar-refractivity contribution >= 4 is 6.34 Å². The zero-order chi connectivity index (χ0) is 8.27. The minimum atomic E-state index is 0.505. The number of nitrogens with zero attached hydrogens (tertiary/aromatic N) is 3. The zero-order valence-corrected chi connectivity index (χ0v) is 7.62. The molecule has 0 aromatic carbocycles. The summed E-state index contributed by atoms with van der Waals surface area (Å²) >= 11 is 0. The quantitative estimate of drug-likeness (QED) is 0.612. The van der Waals surface area contributed by atoms with Crippen molar-refractivity contribution < 1.29 is 0 Å². The SMILES string of the molecule is CCC1N(CC)C=NN1CC. The van der Waals surface area contributed by atoms with Gasteiger partial charge in [0.2, 0.25) is 0 Å². The van der Waals surface area contributed by atoms with Crippen LogP contribution < -0.4 is 0 Å². The van der Waals surface area contributed by atoms with Crippen molar-refractivity contribution in [3.8, 4) is 0 Å². The molecule has 1 unspecified atom stereocenters. The second kappa shape index (κ2) is 3.60. The van der Waals surface area contributed by atoms with Crippen LogP contribution in [0.1, 0.15) is 27.2 Å². The molecule has 0 saturated heterocycles. The lowest BCUT2D eigenvalue weighted by molar-refractivity contribution is 0.137. The minimum Gasteiger partial charge on any atom is -0.340 e. The van der Waals surface area contributed by atoms with E-state index in [9.17, 15) is 0 Å². The van der Waals surface area contributed by atoms with Crippen LogP contribution in [0.2, 0.25) is 0 Å². The van der Waals surface area contributed by atoms with E-state index in [1.54, 1.807) is 0 Å². The van der Waals surface area contributed by atoms with E-state index in [1.165, 1.54) is 0 Å². The van der Waals surface area contributed by atoms with Gasteiger partial charge in [0.1, 0.15) is 12.5 Å². The fourth-order valence-corrected chi connectivity index (χ4v) is 1.49. The van der Waals surface area contributed by atoms with Gasteiger partial charge in [0.25, 0.3) is 0 Å². The summed E-state index contributed by atoms with van der Waals surface area (Å²) in [4.78, 5) is 2.27. The van der Waals surface area contributed by atoms with E-state index in [0.29, 0.717) is 6.17 Å². The van der Waals surface area contributed by atoms with Crippen LogP contribution in [0.5, 0.6) is 0 Å². The van der Waals surface area contributed by atoms with E-state index in [2.05, 4.69) is 35.8 Å². The molecule has 11 heavy (non-hydrogen) atoms. The van der Waals surface area contributed by atoms with E-state index in [-0.39, 0.29) is 0 Å². The van der Waals surface area contributed by atoms with Gasteiger partial charge >= 0.3 is 0 Å². The van der Waals surface area contributed by atoms with Crippen LogP contribution in [0.4, 0.5) is 0 Å². The molecule has 0 bridgehead atoms. The van der Waals surface area contributed by atoms with Crippen molar-refractivity contribution in [2.24, 2.45) is 5.10 Å². The molecular weight excluding hydrogens is 138 g/mol. The highest BCUT2D eigenvalue weighted by atomic mass is 15.6. The van der Waals surface area contributed by atoms with Gasteiger partial charge in [-0.25, -0.2) is 0 Å². The predicted molar refractivity (Wildman–Crippen MR) is 47.3 cm³/mol. The Kier molecular flexibility index (Phi) is 2.74. The second-order valence-corrected chi connectivity index (χ2v) is 2.71. The third-order valence-electron chi connectivity index (χ3n) is 2.13. The Hall–Kier alpha value is -0.730. The number of hydrogen-bond acceptors (Lipinski definition) is 3. The monoisotopic (exact) mass is 155 g/mol. The molecule has 0 aromatic rings. The van der Waals surface area contributed by atoms with Gasteiger partial charge in [-0.15, -0.1) is 0 Å². The zero-order valence-electron chi connectivity index (χ0n) is 7.62. The molecule has 1 aliphatic rings. The van der Waals surface area contributed by atoms with Gasteiger partial charge in [-0.1, -0.05) is 6.92 Å². The maximum atomic E-state index is 4.29. The molecule has 0 radical (unpaired) electrons. The smallest absolute Gasteiger partial charge is 0.118 e. The third-order valence-corrected chi connectivity index (χ3v) is 2.13. The number of hydrazone groups is 1. The highest BCUT2D eigenvalue weighted by Gasteiger charge is 2.22. The molecule has 1 atom stereocenters. The van der Waals surface area contributed by atoms with Gasteiger partial charge in [-0.05, 0) is 20.3 Å². The summed E-state index contributed by atoms with van der Waals surface area (Å²) in [5.41, 5.74) is 0. The van der Waals surface area contributed by atoms with E-state index in [0.717, 1.165) is 19.5 Å². The summed E-state index contributed by atoms with van der Waals surface area (Å²) < 4.78 is 0. The lowest BCUT2D eigenvalue weighted by Crippen LogP contribution is -2.38. The van der Waals surface area contributed by atoms with Crippen LogP contribution in [0.25, 0.3) is 0 Å². The third kappa shape index (κ3) is 1.47. The first-order valence-electron chi connectivity index (χ1n) is 4.39. The molecule has 0 amide bonds. The molecule has 0 spiro atoms. The van der Waals surface area contributed by atoms with Crippen LogP contribution in [0, 0.1) is 0 Å². The highest BCUT2D eigenvalue weighted by Crippen LogP contribution is 2.13. The van der Waals surface area contributed by atoms with E-state index < -0.39 is 0 Å². The van der Waals surface area contributed by atoms with Crippen molar-refractivity contribution in [1.82, 2.24) is 9.91 Å². The van der Waals surface area contributed by atoms with Gasteiger partial charge in [0, 0.05) is 13.1 Å². The van der Waals surface area contributed by atoms with Crippen LogP contribution in [0.3, 0.4) is 0 Å². The molecular formula is C8H17N3. The second-order valence-electron chi connectivity index (χ2n) is 2.71. The van der Waals surface area contributed by atoms with Crippen LogP contribution in [-0.2, 0) is 0 Å². The first-order chi connectivity index (χ1) is 5.33. The van der Waals surface area contributed by atoms with Crippen molar-refractivity contribution in [2.45, 2.75) is 33.4 Å². The number of rotatable bonds is 3. The Bertz CT molecular complexity index is 130. The lowest BCUT2D eigenvalue weighted by atomic mass is 10.3. The summed E-state index contributed by atoms with van der Waals surface area (Å²) in [5.74, 6) is 0. The standard InChI is InChI=1S/C8H17N3/c1-4-8-10(5-2)7-9-11(8)6-3/h7-8H,4-6H2,1-3H3. The Labute approximate surface area is 68.7 Å². The van der Waals surface area contributed by atoms with Gasteiger partial charge in [-0.2, -0.15) is 5.10 Å². The Morgan fingerprint density at radius 3 is 2.45 bits per heavy atom. The van der Waals surface area contributed by atoms with E-state index >= 15 is 0 Å². The minimum absolute atomic E-state index is 0.505. The van der Waals surface area contributed by atoms with Crippen LogP contribution >= 0.6 is 0 Å².